The van der Waals surface area contributed by atoms with E-state index in [1.807, 2.05) is 0 Å². The fourth-order valence-electron chi connectivity index (χ4n) is 1.08. The smallest absolute Gasteiger partial charge is 0.252 e. The van der Waals surface area contributed by atoms with Gasteiger partial charge in [0.15, 0.2) is 0 Å². The molecule has 0 saturated carbocycles. The van der Waals surface area contributed by atoms with Crippen molar-refractivity contribution in [3.63, 3.8) is 0 Å². The number of rotatable bonds is 4. The summed E-state index contributed by atoms with van der Waals surface area (Å²) in [4.78, 5) is 15.4. The zero-order chi connectivity index (χ0) is 12.1. The molecule has 4 nitrogen and oxygen atoms in total. The Balaban J connectivity index is 2.62. The molecular weight excluding hydrogens is 251 g/mol. The van der Waals surface area contributed by atoms with Crippen LogP contribution in [-0.2, 0) is 0 Å². The molecular formula is C10H12Cl2N2O2. The first-order chi connectivity index (χ1) is 7.50. The average Bonchev–Trinajstić information content (AvgIpc) is 2.21. The summed E-state index contributed by atoms with van der Waals surface area (Å²) < 4.78 is 0. The maximum Gasteiger partial charge on any atom is 0.252 e. The third-order valence-electron chi connectivity index (χ3n) is 1.91. The lowest BCUT2D eigenvalue weighted by Crippen LogP contribution is -2.26. The Bertz CT molecular complexity index is 383. The zero-order valence-electron chi connectivity index (χ0n) is 8.70. The van der Waals surface area contributed by atoms with Gasteiger partial charge in [-0.3, -0.25) is 4.79 Å². The van der Waals surface area contributed by atoms with E-state index in [4.69, 9.17) is 28.3 Å². The van der Waals surface area contributed by atoms with Crippen LogP contribution in [0.2, 0.25) is 10.2 Å². The van der Waals surface area contributed by atoms with Crippen molar-refractivity contribution in [1.29, 1.82) is 0 Å². The molecule has 0 saturated heterocycles. The van der Waals surface area contributed by atoms with Gasteiger partial charge in [-0.2, -0.15) is 0 Å². The molecule has 88 valence electrons. The second kappa shape index (κ2) is 6.03. The first kappa shape index (κ1) is 13.2. The summed E-state index contributed by atoms with van der Waals surface area (Å²) in [5.41, 5.74) is 0.284. The molecule has 0 aliphatic rings. The normalized spacial score (nSPS) is 12.2. The topological polar surface area (TPSA) is 62.2 Å². The van der Waals surface area contributed by atoms with Crippen LogP contribution in [-0.4, -0.2) is 28.6 Å². The van der Waals surface area contributed by atoms with Crippen LogP contribution in [0.4, 0.5) is 0 Å². The number of nitrogens with one attached hydrogen (secondary N) is 1. The number of hydrogen-bond donors (Lipinski definition) is 2. The lowest BCUT2D eigenvalue weighted by atomic mass is 10.2. The Kier molecular flexibility index (Phi) is 4.99. The van der Waals surface area contributed by atoms with Crippen molar-refractivity contribution >= 4 is 29.1 Å². The fraction of sp³-hybridized carbons (Fsp3) is 0.400. The van der Waals surface area contributed by atoms with E-state index in [0.717, 1.165) is 0 Å². The van der Waals surface area contributed by atoms with Crippen molar-refractivity contribution in [2.45, 2.75) is 19.4 Å². The van der Waals surface area contributed by atoms with Crippen molar-refractivity contribution in [1.82, 2.24) is 10.3 Å². The number of pyridine rings is 1. The molecule has 0 radical (unpaired) electrons. The van der Waals surface area contributed by atoms with Crippen molar-refractivity contribution in [2.24, 2.45) is 0 Å². The van der Waals surface area contributed by atoms with Crippen molar-refractivity contribution in [3.05, 3.63) is 28.0 Å². The van der Waals surface area contributed by atoms with Crippen LogP contribution < -0.4 is 5.32 Å². The molecule has 2 N–H and O–H groups in total. The van der Waals surface area contributed by atoms with Gasteiger partial charge in [-0.1, -0.05) is 23.2 Å². The van der Waals surface area contributed by atoms with Gasteiger partial charge in [0, 0.05) is 12.7 Å². The standard InChI is InChI=1S/C10H12Cl2N2O2/c1-6(15)2-3-13-10(16)7-4-9(12)14-5-8(7)11/h4-6,15H,2-3H2,1H3,(H,13,16). The molecule has 1 heterocycles. The maximum absolute atomic E-state index is 11.6. The van der Waals surface area contributed by atoms with Crippen LogP contribution in [0.25, 0.3) is 0 Å². The number of carbonyl (C=O) groups excluding carboxylic acids is 1. The number of hydrogen-bond acceptors (Lipinski definition) is 3. The minimum Gasteiger partial charge on any atom is -0.393 e. The summed E-state index contributed by atoms with van der Waals surface area (Å²) in [5.74, 6) is -0.324. The quantitative estimate of drug-likeness (QED) is 0.815. The molecule has 1 amide bonds. The van der Waals surface area contributed by atoms with Gasteiger partial charge in [-0.15, -0.1) is 0 Å². The SMILES string of the molecule is CC(O)CCNC(=O)c1cc(Cl)ncc1Cl. The number of aliphatic hydroxyl groups is 1. The van der Waals surface area contributed by atoms with Gasteiger partial charge in [0.25, 0.3) is 5.91 Å². The highest BCUT2D eigenvalue weighted by atomic mass is 35.5. The number of amides is 1. The van der Waals surface area contributed by atoms with Crippen LogP contribution in [0.15, 0.2) is 12.3 Å². The third kappa shape index (κ3) is 3.96. The molecule has 6 heteroatoms. The molecule has 1 aromatic rings. The van der Waals surface area contributed by atoms with Crippen LogP contribution in [0, 0.1) is 0 Å². The van der Waals surface area contributed by atoms with E-state index < -0.39 is 6.10 Å². The Morgan fingerprint density at radius 3 is 2.94 bits per heavy atom. The summed E-state index contributed by atoms with van der Waals surface area (Å²) in [6, 6.07) is 1.40. The molecule has 0 aliphatic carbocycles. The van der Waals surface area contributed by atoms with Gasteiger partial charge in [0.1, 0.15) is 5.15 Å². The van der Waals surface area contributed by atoms with E-state index in [0.29, 0.717) is 13.0 Å². The van der Waals surface area contributed by atoms with E-state index in [1.165, 1.54) is 12.3 Å². The molecule has 1 aromatic heterocycles. The van der Waals surface area contributed by atoms with Crippen molar-refractivity contribution in [3.8, 4) is 0 Å². The first-order valence-corrected chi connectivity index (χ1v) is 5.53. The van der Waals surface area contributed by atoms with Gasteiger partial charge in [0.05, 0.1) is 16.7 Å². The lowest BCUT2D eigenvalue weighted by Gasteiger charge is -2.07. The summed E-state index contributed by atoms with van der Waals surface area (Å²) in [6.07, 6.45) is 1.37. The lowest BCUT2D eigenvalue weighted by molar-refractivity contribution is 0.0945. The minimum atomic E-state index is -0.447. The van der Waals surface area contributed by atoms with Crippen molar-refractivity contribution in [2.75, 3.05) is 6.54 Å². The highest BCUT2D eigenvalue weighted by Gasteiger charge is 2.11. The molecule has 0 spiro atoms. The van der Waals surface area contributed by atoms with Gasteiger partial charge in [-0.05, 0) is 19.4 Å². The Labute approximate surface area is 104 Å². The molecule has 0 fully saturated rings. The van der Waals surface area contributed by atoms with Crippen LogP contribution >= 0.6 is 23.2 Å². The number of aliphatic hydroxyl groups excluding tert-OH is 1. The van der Waals surface area contributed by atoms with E-state index in [-0.39, 0.29) is 21.6 Å². The monoisotopic (exact) mass is 262 g/mol. The number of aromatic nitrogens is 1. The predicted molar refractivity (Wildman–Crippen MR) is 62.9 cm³/mol. The Hall–Kier alpha value is -0.840. The van der Waals surface area contributed by atoms with Gasteiger partial charge in [-0.25, -0.2) is 4.98 Å². The second-order valence-corrected chi connectivity index (χ2v) is 4.17. The zero-order valence-corrected chi connectivity index (χ0v) is 10.2. The summed E-state index contributed by atoms with van der Waals surface area (Å²) >= 11 is 11.5. The van der Waals surface area contributed by atoms with E-state index in [1.54, 1.807) is 6.92 Å². The average molecular weight is 263 g/mol. The fourth-order valence-corrected chi connectivity index (χ4v) is 1.42. The second-order valence-electron chi connectivity index (χ2n) is 3.38. The van der Waals surface area contributed by atoms with Gasteiger partial charge >= 0.3 is 0 Å². The highest BCUT2D eigenvalue weighted by Crippen LogP contribution is 2.17. The maximum atomic E-state index is 11.6. The van der Waals surface area contributed by atoms with Crippen molar-refractivity contribution < 1.29 is 9.90 Å². The van der Waals surface area contributed by atoms with Crippen LogP contribution in [0.3, 0.4) is 0 Å². The highest BCUT2D eigenvalue weighted by molar-refractivity contribution is 6.35. The first-order valence-electron chi connectivity index (χ1n) is 4.78. The Morgan fingerprint density at radius 1 is 1.62 bits per heavy atom. The van der Waals surface area contributed by atoms with Gasteiger partial charge in [0.2, 0.25) is 0 Å². The van der Waals surface area contributed by atoms with Crippen LogP contribution in [0.5, 0.6) is 0 Å². The number of carbonyl (C=O) groups is 1. The summed E-state index contributed by atoms with van der Waals surface area (Å²) in [7, 11) is 0. The number of nitrogens with zero attached hydrogens (tertiary/aromatic N) is 1. The molecule has 1 atom stereocenters. The minimum absolute atomic E-state index is 0.213. The largest absolute Gasteiger partial charge is 0.393 e. The molecule has 0 aromatic carbocycles. The third-order valence-corrected chi connectivity index (χ3v) is 2.42. The summed E-state index contributed by atoms with van der Waals surface area (Å²) in [6.45, 7) is 2.04. The molecule has 0 bridgehead atoms. The molecule has 0 aliphatic heterocycles. The Morgan fingerprint density at radius 2 is 2.31 bits per heavy atom. The summed E-state index contributed by atoms with van der Waals surface area (Å²) in [5, 5.41) is 12.1. The molecule has 1 rings (SSSR count). The van der Waals surface area contributed by atoms with E-state index >= 15 is 0 Å². The van der Waals surface area contributed by atoms with E-state index in [2.05, 4.69) is 10.3 Å². The van der Waals surface area contributed by atoms with Crippen LogP contribution in [0.1, 0.15) is 23.7 Å². The number of halogens is 2. The molecule has 16 heavy (non-hydrogen) atoms. The predicted octanol–water partition coefficient (Wildman–Crippen LogP) is 1.89. The van der Waals surface area contributed by atoms with Gasteiger partial charge < -0.3 is 10.4 Å². The van der Waals surface area contributed by atoms with E-state index in [9.17, 15) is 4.79 Å². The molecule has 1 unspecified atom stereocenters.